The third kappa shape index (κ3) is 2.38. The summed E-state index contributed by atoms with van der Waals surface area (Å²) in [4.78, 5) is 14.6. The van der Waals surface area contributed by atoms with Crippen LogP contribution in [0.25, 0.3) is 6.08 Å². The van der Waals surface area contributed by atoms with Crippen LogP contribution in [0, 0.1) is 0 Å². The molecule has 0 aliphatic heterocycles. The summed E-state index contributed by atoms with van der Waals surface area (Å²) in [5.41, 5.74) is 5.86. The van der Waals surface area contributed by atoms with E-state index in [1.54, 1.807) is 24.4 Å². The Labute approximate surface area is 75.7 Å². The van der Waals surface area contributed by atoms with Gasteiger partial charge >= 0.3 is 5.97 Å². The largest absolute Gasteiger partial charge is 0.478 e. The molecule has 4 nitrogen and oxygen atoms in total. The molecule has 0 bridgehead atoms. The van der Waals surface area contributed by atoms with Crippen LogP contribution in [0.2, 0.25) is 0 Å². The summed E-state index contributed by atoms with van der Waals surface area (Å²) < 4.78 is 0. The fraction of sp³-hybridized carbons (Fsp3) is 0.111. The highest BCUT2D eigenvalue weighted by molar-refractivity contribution is 5.91. The average Bonchev–Trinajstić information content (AvgIpc) is 2.15. The van der Waals surface area contributed by atoms with Gasteiger partial charge < -0.3 is 10.8 Å². The molecule has 0 aliphatic rings. The molecule has 0 fully saturated rings. The zero-order valence-corrected chi connectivity index (χ0v) is 6.97. The Balaban J connectivity index is 3.05. The molecule has 0 amide bonds. The predicted octanol–water partition coefficient (Wildman–Crippen LogP) is 0.752. The van der Waals surface area contributed by atoms with Crippen molar-refractivity contribution >= 4 is 12.0 Å². The molecule has 3 N–H and O–H groups in total. The SMILES string of the molecule is NCC=Cc1ncccc1C(=O)O. The van der Waals surface area contributed by atoms with Crippen LogP contribution in [0.15, 0.2) is 24.4 Å². The first-order chi connectivity index (χ1) is 6.25. The van der Waals surface area contributed by atoms with Crippen LogP contribution in [-0.2, 0) is 0 Å². The molecule has 0 spiro atoms. The van der Waals surface area contributed by atoms with Gasteiger partial charge in [0.1, 0.15) is 0 Å². The number of aromatic nitrogens is 1. The van der Waals surface area contributed by atoms with Crippen LogP contribution < -0.4 is 5.73 Å². The summed E-state index contributed by atoms with van der Waals surface area (Å²) in [6.07, 6.45) is 4.81. The molecular formula is C9H10N2O2. The number of hydrogen-bond donors (Lipinski definition) is 2. The minimum Gasteiger partial charge on any atom is -0.478 e. The van der Waals surface area contributed by atoms with Crippen molar-refractivity contribution in [3.63, 3.8) is 0 Å². The lowest BCUT2D eigenvalue weighted by atomic mass is 10.2. The van der Waals surface area contributed by atoms with E-state index in [1.165, 1.54) is 6.07 Å². The summed E-state index contributed by atoms with van der Waals surface area (Å²) in [6.45, 7) is 0.371. The first-order valence-electron chi connectivity index (χ1n) is 3.80. The highest BCUT2D eigenvalue weighted by atomic mass is 16.4. The van der Waals surface area contributed by atoms with E-state index in [2.05, 4.69) is 4.98 Å². The van der Waals surface area contributed by atoms with Gasteiger partial charge in [0, 0.05) is 12.7 Å². The van der Waals surface area contributed by atoms with E-state index in [9.17, 15) is 4.79 Å². The van der Waals surface area contributed by atoms with Crippen LogP contribution in [0.3, 0.4) is 0 Å². The van der Waals surface area contributed by atoms with Gasteiger partial charge in [-0.3, -0.25) is 4.98 Å². The zero-order chi connectivity index (χ0) is 9.68. The summed E-state index contributed by atoms with van der Waals surface area (Å²) in [5.74, 6) is -0.982. The second-order valence-electron chi connectivity index (χ2n) is 2.38. The van der Waals surface area contributed by atoms with Gasteiger partial charge in [-0.05, 0) is 18.2 Å². The second-order valence-corrected chi connectivity index (χ2v) is 2.38. The molecule has 1 heterocycles. The third-order valence-electron chi connectivity index (χ3n) is 1.48. The number of pyridine rings is 1. The Morgan fingerprint density at radius 1 is 1.69 bits per heavy atom. The van der Waals surface area contributed by atoms with E-state index in [0.29, 0.717) is 12.2 Å². The maximum absolute atomic E-state index is 10.7. The van der Waals surface area contributed by atoms with E-state index >= 15 is 0 Å². The van der Waals surface area contributed by atoms with Crippen LogP contribution in [0.5, 0.6) is 0 Å². The number of nitrogens with zero attached hydrogens (tertiary/aromatic N) is 1. The van der Waals surface area contributed by atoms with Gasteiger partial charge in [-0.1, -0.05) is 6.08 Å². The second kappa shape index (κ2) is 4.37. The van der Waals surface area contributed by atoms with Crippen molar-refractivity contribution in [2.45, 2.75) is 0 Å². The number of aromatic carboxylic acids is 1. The van der Waals surface area contributed by atoms with E-state index in [0.717, 1.165) is 0 Å². The van der Waals surface area contributed by atoms with Gasteiger partial charge in [-0.15, -0.1) is 0 Å². The summed E-state index contributed by atoms with van der Waals surface area (Å²) in [6, 6.07) is 3.09. The average molecular weight is 178 g/mol. The Morgan fingerprint density at radius 3 is 3.08 bits per heavy atom. The molecule has 0 aromatic carbocycles. The highest BCUT2D eigenvalue weighted by Gasteiger charge is 2.06. The molecule has 0 unspecified atom stereocenters. The van der Waals surface area contributed by atoms with Crippen LogP contribution in [0.4, 0.5) is 0 Å². The molecule has 0 radical (unpaired) electrons. The van der Waals surface area contributed by atoms with Gasteiger partial charge in [-0.2, -0.15) is 0 Å². The Kier molecular flexibility index (Phi) is 3.16. The monoisotopic (exact) mass is 178 g/mol. The van der Waals surface area contributed by atoms with Gasteiger partial charge in [-0.25, -0.2) is 4.79 Å². The first-order valence-corrected chi connectivity index (χ1v) is 3.80. The number of rotatable bonds is 3. The summed E-state index contributed by atoms with van der Waals surface area (Å²) >= 11 is 0. The molecule has 0 saturated carbocycles. The smallest absolute Gasteiger partial charge is 0.337 e. The van der Waals surface area contributed by atoms with E-state index in [-0.39, 0.29) is 5.56 Å². The summed E-state index contributed by atoms with van der Waals surface area (Å²) in [7, 11) is 0. The quantitative estimate of drug-likeness (QED) is 0.716. The number of carbonyl (C=O) groups is 1. The van der Waals surface area contributed by atoms with Crippen molar-refractivity contribution in [2.24, 2.45) is 5.73 Å². The predicted molar refractivity (Wildman–Crippen MR) is 49.3 cm³/mol. The van der Waals surface area contributed by atoms with Gasteiger partial charge in [0.2, 0.25) is 0 Å². The fourth-order valence-corrected chi connectivity index (χ4v) is 0.911. The lowest BCUT2D eigenvalue weighted by Crippen LogP contribution is -2.01. The number of carboxylic acid groups (broad SMARTS) is 1. The molecule has 0 atom stereocenters. The molecule has 68 valence electrons. The van der Waals surface area contributed by atoms with Crippen LogP contribution in [-0.4, -0.2) is 22.6 Å². The maximum Gasteiger partial charge on any atom is 0.337 e. The zero-order valence-electron chi connectivity index (χ0n) is 6.97. The van der Waals surface area contributed by atoms with Crippen molar-refractivity contribution in [1.82, 2.24) is 4.98 Å². The van der Waals surface area contributed by atoms with E-state index in [1.807, 2.05) is 0 Å². The molecule has 0 saturated heterocycles. The first kappa shape index (κ1) is 9.41. The lowest BCUT2D eigenvalue weighted by Gasteiger charge is -1.97. The Hall–Kier alpha value is -1.68. The van der Waals surface area contributed by atoms with Crippen molar-refractivity contribution in [3.05, 3.63) is 35.7 Å². The molecule has 1 aromatic rings. The van der Waals surface area contributed by atoms with E-state index < -0.39 is 5.97 Å². The number of nitrogens with two attached hydrogens (primary N) is 1. The van der Waals surface area contributed by atoms with Gasteiger partial charge in [0.15, 0.2) is 0 Å². The third-order valence-corrected chi connectivity index (χ3v) is 1.48. The standard InChI is InChI=1S/C9H10N2O2/c10-5-1-4-8-7(9(12)13)3-2-6-11-8/h1-4,6H,5,10H2,(H,12,13). The molecule has 0 aliphatic carbocycles. The molecule has 4 heteroatoms. The normalized spacial score (nSPS) is 10.5. The minimum atomic E-state index is -0.982. The molecular weight excluding hydrogens is 168 g/mol. The maximum atomic E-state index is 10.7. The lowest BCUT2D eigenvalue weighted by molar-refractivity contribution is 0.0696. The Morgan fingerprint density at radius 2 is 2.46 bits per heavy atom. The van der Waals surface area contributed by atoms with E-state index in [4.69, 9.17) is 10.8 Å². The van der Waals surface area contributed by atoms with Crippen molar-refractivity contribution in [2.75, 3.05) is 6.54 Å². The number of carboxylic acids is 1. The van der Waals surface area contributed by atoms with Crippen LogP contribution >= 0.6 is 0 Å². The van der Waals surface area contributed by atoms with Gasteiger partial charge in [0.05, 0.1) is 11.3 Å². The van der Waals surface area contributed by atoms with Crippen LogP contribution in [0.1, 0.15) is 16.1 Å². The Bertz CT molecular complexity index is 334. The number of hydrogen-bond acceptors (Lipinski definition) is 3. The fourth-order valence-electron chi connectivity index (χ4n) is 0.911. The topological polar surface area (TPSA) is 76.2 Å². The van der Waals surface area contributed by atoms with Crippen molar-refractivity contribution in [1.29, 1.82) is 0 Å². The molecule has 1 rings (SSSR count). The minimum absolute atomic E-state index is 0.187. The summed E-state index contributed by atoms with van der Waals surface area (Å²) in [5, 5.41) is 8.76. The van der Waals surface area contributed by atoms with Gasteiger partial charge in [0.25, 0.3) is 0 Å². The molecule has 1 aromatic heterocycles. The van der Waals surface area contributed by atoms with Crippen molar-refractivity contribution < 1.29 is 9.90 Å². The highest BCUT2D eigenvalue weighted by Crippen LogP contribution is 2.06. The molecule has 13 heavy (non-hydrogen) atoms. The van der Waals surface area contributed by atoms with Crippen molar-refractivity contribution in [3.8, 4) is 0 Å².